The minimum absolute atomic E-state index is 0.0651. The molecule has 1 rings (SSSR count). The van der Waals surface area contributed by atoms with Crippen LogP contribution in [0.1, 0.15) is 34.2 Å². The molecule has 0 aliphatic rings. The molecule has 0 aliphatic heterocycles. The van der Waals surface area contributed by atoms with Crippen molar-refractivity contribution < 1.29 is 14.7 Å². The van der Waals surface area contributed by atoms with Crippen LogP contribution >= 0.6 is 11.3 Å². The zero-order valence-corrected chi connectivity index (χ0v) is 10.2. The lowest BCUT2D eigenvalue weighted by molar-refractivity contribution is -0.124. The highest BCUT2D eigenvalue weighted by Crippen LogP contribution is 2.17. The van der Waals surface area contributed by atoms with Gasteiger partial charge in [-0.1, -0.05) is 13.8 Å². The van der Waals surface area contributed by atoms with Gasteiger partial charge >= 0.3 is 5.97 Å². The molecule has 88 valence electrons. The predicted octanol–water partition coefficient (Wildman–Crippen LogP) is 1.42. The molecule has 0 spiro atoms. The molecule has 0 aliphatic carbocycles. The summed E-state index contributed by atoms with van der Waals surface area (Å²) in [7, 11) is 0. The highest BCUT2D eigenvalue weighted by Gasteiger charge is 2.14. The molecule has 1 amide bonds. The molecule has 0 unspecified atom stereocenters. The summed E-state index contributed by atoms with van der Waals surface area (Å²) in [6.07, 6.45) is 0. The van der Waals surface area contributed by atoms with Crippen LogP contribution in [0.3, 0.4) is 0 Å². The Morgan fingerprint density at radius 1 is 1.50 bits per heavy atom. The van der Waals surface area contributed by atoms with Crippen molar-refractivity contribution in [3.05, 3.63) is 15.6 Å². The molecule has 0 radical (unpaired) electrons. The van der Waals surface area contributed by atoms with Crippen LogP contribution in [-0.4, -0.2) is 22.0 Å². The lowest BCUT2D eigenvalue weighted by Crippen LogP contribution is -2.26. The average molecular weight is 242 g/mol. The van der Waals surface area contributed by atoms with Crippen LogP contribution in [-0.2, 0) is 11.3 Å². The summed E-state index contributed by atoms with van der Waals surface area (Å²) in [6.45, 7) is 5.53. The highest BCUT2D eigenvalue weighted by atomic mass is 32.1. The Bertz CT molecular complexity index is 412. The molecule has 0 bridgehead atoms. The van der Waals surface area contributed by atoms with Gasteiger partial charge in [0.1, 0.15) is 9.88 Å². The van der Waals surface area contributed by atoms with Crippen LogP contribution < -0.4 is 5.32 Å². The first-order valence-electron chi connectivity index (χ1n) is 4.89. The molecule has 0 aromatic carbocycles. The van der Waals surface area contributed by atoms with Gasteiger partial charge in [-0.05, 0) is 6.92 Å². The Labute approximate surface area is 97.5 Å². The maximum Gasteiger partial charge on any atom is 0.347 e. The van der Waals surface area contributed by atoms with E-state index in [1.807, 2.05) is 0 Å². The van der Waals surface area contributed by atoms with Gasteiger partial charge < -0.3 is 10.4 Å². The van der Waals surface area contributed by atoms with Crippen LogP contribution in [0, 0.1) is 12.8 Å². The van der Waals surface area contributed by atoms with Crippen molar-refractivity contribution >= 4 is 23.2 Å². The van der Waals surface area contributed by atoms with E-state index in [1.54, 1.807) is 20.8 Å². The maximum atomic E-state index is 11.3. The Hall–Kier alpha value is -1.43. The summed E-state index contributed by atoms with van der Waals surface area (Å²) in [5.74, 6) is -1.12. The molecule has 0 saturated carbocycles. The number of rotatable bonds is 4. The number of carboxylic acids is 1. The van der Waals surface area contributed by atoms with E-state index in [-0.39, 0.29) is 23.2 Å². The second-order valence-electron chi connectivity index (χ2n) is 3.70. The molecule has 1 heterocycles. The van der Waals surface area contributed by atoms with Gasteiger partial charge in [0.25, 0.3) is 0 Å². The van der Waals surface area contributed by atoms with Crippen LogP contribution in [0.25, 0.3) is 0 Å². The number of carboxylic acid groups (broad SMARTS) is 1. The first-order chi connectivity index (χ1) is 7.41. The third kappa shape index (κ3) is 3.03. The third-order valence-corrected chi connectivity index (χ3v) is 3.12. The van der Waals surface area contributed by atoms with Crippen molar-refractivity contribution in [2.45, 2.75) is 27.3 Å². The van der Waals surface area contributed by atoms with Gasteiger partial charge in [0.2, 0.25) is 5.91 Å². The molecule has 6 heteroatoms. The van der Waals surface area contributed by atoms with E-state index in [4.69, 9.17) is 5.11 Å². The molecule has 0 atom stereocenters. The van der Waals surface area contributed by atoms with E-state index in [0.717, 1.165) is 11.3 Å². The Morgan fingerprint density at radius 3 is 2.56 bits per heavy atom. The molecular weight excluding hydrogens is 228 g/mol. The largest absolute Gasteiger partial charge is 0.477 e. The lowest BCUT2D eigenvalue weighted by Gasteiger charge is -2.04. The van der Waals surface area contributed by atoms with Crippen molar-refractivity contribution in [1.82, 2.24) is 10.3 Å². The standard InChI is InChI=1S/C10H14N2O3S/c1-5(2)9(13)11-4-7-12-6(3)8(16-7)10(14)15/h5H,4H2,1-3H3,(H,11,13)(H,14,15). The van der Waals surface area contributed by atoms with E-state index in [1.165, 1.54) is 0 Å². The smallest absolute Gasteiger partial charge is 0.347 e. The van der Waals surface area contributed by atoms with Crippen molar-refractivity contribution in [2.75, 3.05) is 0 Å². The minimum Gasteiger partial charge on any atom is -0.477 e. The second kappa shape index (κ2) is 5.07. The van der Waals surface area contributed by atoms with Crippen molar-refractivity contribution in [3.63, 3.8) is 0 Å². The Morgan fingerprint density at radius 2 is 2.12 bits per heavy atom. The number of amides is 1. The van der Waals surface area contributed by atoms with Gasteiger partial charge in [-0.2, -0.15) is 0 Å². The zero-order chi connectivity index (χ0) is 12.3. The SMILES string of the molecule is Cc1nc(CNC(=O)C(C)C)sc1C(=O)O. The van der Waals surface area contributed by atoms with E-state index in [2.05, 4.69) is 10.3 Å². The van der Waals surface area contributed by atoms with E-state index in [9.17, 15) is 9.59 Å². The average Bonchev–Trinajstić information content (AvgIpc) is 2.56. The van der Waals surface area contributed by atoms with Crippen LogP contribution in [0.2, 0.25) is 0 Å². The predicted molar refractivity (Wildman–Crippen MR) is 60.5 cm³/mol. The highest BCUT2D eigenvalue weighted by molar-refractivity contribution is 7.13. The molecule has 16 heavy (non-hydrogen) atoms. The van der Waals surface area contributed by atoms with Crippen molar-refractivity contribution in [1.29, 1.82) is 0 Å². The number of aromatic nitrogens is 1. The Kier molecular flexibility index (Phi) is 4.00. The normalized spacial score (nSPS) is 10.5. The summed E-state index contributed by atoms with van der Waals surface area (Å²) >= 11 is 1.10. The number of thiazole rings is 1. The zero-order valence-electron chi connectivity index (χ0n) is 9.40. The van der Waals surface area contributed by atoms with E-state index in [0.29, 0.717) is 10.7 Å². The number of carbonyl (C=O) groups excluding carboxylic acids is 1. The summed E-state index contributed by atoms with van der Waals surface area (Å²) < 4.78 is 0. The number of aryl methyl sites for hydroxylation is 1. The fourth-order valence-electron chi connectivity index (χ4n) is 1.09. The fraction of sp³-hybridized carbons (Fsp3) is 0.500. The molecule has 1 aromatic heterocycles. The van der Waals surface area contributed by atoms with E-state index >= 15 is 0 Å². The number of hydrogen-bond donors (Lipinski definition) is 2. The quantitative estimate of drug-likeness (QED) is 0.837. The van der Waals surface area contributed by atoms with Gasteiger partial charge in [-0.3, -0.25) is 4.79 Å². The molecule has 1 aromatic rings. The molecule has 2 N–H and O–H groups in total. The van der Waals surface area contributed by atoms with Crippen LogP contribution in [0.4, 0.5) is 0 Å². The summed E-state index contributed by atoms with van der Waals surface area (Å²) in [6, 6.07) is 0. The number of hydrogen-bond acceptors (Lipinski definition) is 4. The first kappa shape index (κ1) is 12.6. The molecule has 0 fully saturated rings. The van der Waals surface area contributed by atoms with Crippen molar-refractivity contribution in [2.24, 2.45) is 5.92 Å². The van der Waals surface area contributed by atoms with Gasteiger partial charge in [-0.25, -0.2) is 9.78 Å². The second-order valence-corrected chi connectivity index (χ2v) is 4.78. The third-order valence-electron chi connectivity index (χ3n) is 1.97. The molecule has 5 nitrogen and oxygen atoms in total. The maximum absolute atomic E-state index is 11.3. The number of nitrogens with one attached hydrogen (secondary N) is 1. The lowest BCUT2D eigenvalue weighted by atomic mass is 10.2. The summed E-state index contributed by atoms with van der Waals surface area (Å²) in [5.41, 5.74) is 0.492. The van der Waals surface area contributed by atoms with Gasteiger partial charge in [0.05, 0.1) is 12.2 Å². The van der Waals surface area contributed by atoms with Gasteiger partial charge in [-0.15, -0.1) is 11.3 Å². The molecule has 0 saturated heterocycles. The van der Waals surface area contributed by atoms with Crippen LogP contribution in [0.5, 0.6) is 0 Å². The first-order valence-corrected chi connectivity index (χ1v) is 5.70. The summed E-state index contributed by atoms with van der Waals surface area (Å²) in [5, 5.41) is 12.1. The Balaban J connectivity index is 2.65. The topological polar surface area (TPSA) is 79.3 Å². The van der Waals surface area contributed by atoms with Crippen LogP contribution in [0.15, 0.2) is 0 Å². The van der Waals surface area contributed by atoms with Gasteiger partial charge in [0, 0.05) is 5.92 Å². The number of nitrogens with zero attached hydrogens (tertiary/aromatic N) is 1. The van der Waals surface area contributed by atoms with Crippen molar-refractivity contribution in [3.8, 4) is 0 Å². The fourth-order valence-corrected chi connectivity index (χ4v) is 1.94. The summed E-state index contributed by atoms with van der Waals surface area (Å²) in [4.78, 5) is 26.4. The monoisotopic (exact) mass is 242 g/mol. The van der Waals surface area contributed by atoms with E-state index < -0.39 is 5.97 Å². The van der Waals surface area contributed by atoms with Gasteiger partial charge in [0.15, 0.2) is 0 Å². The number of aromatic carboxylic acids is 1. The molecular formula is C10H14N2O3S. The minimum atomic E-state index is -0.976. The number of carbonyl (C=O) groups is 2.